The van der Waals surface area contributed by atoms with E-state index in [9.17, 15) is 0 Å². The zero-order chi connectivity index (χ0) is 11.5. The molecule has 0 bridgehead atoms. The number of aromatic nitrogens is 2. The topological polar surface area (TPSA) is 29.9 Å². The van der Waals surface area contributed by atoms with E-state index < -0.39 is 0 Å². The number of aryl methyl sites for hydroxylation is 1. The van der Waals surface area contributed by atoms with Crippen LogP contribution in [0.1, 0.15) is 11.3 Å². The van der Waals surface area contributed by atoms with Gasteiger partial charge >= 0.3 is 0 Å². The second-order valence-corrected chi connectivity index (χ2v) is 4.62. The van der Waals surface area contributed by atoms with Crippen molar-refractivity contribution in [1.82, 2.24) is 15.1 Å². The molecule has 0 spiro atoms. The van der Waals surface area contributed by atoms with Crippen LogP contribution in [0, 0.1) is 6.92 Å². The summed E-state index contributed by atoms with van der Waals surface area (Å²) in [5, 5.41) is 7.59. The van der Waals surface area contributed by atoms with Gasteiger partial charge in [0.05, 0.1) is 11.4 Å². The Morgan fingerprint density at radius 2 is 2.19 bits per heavy atom. The summed E-state index contributed by atoms with van der Waals surface area (Å²) in [6, 6.07) is 8.22. The maximum Gasteiger partial charge on any atom is 0.0691 e. The van der Waals surface area contributed by atoms with Crippen molar-refractivity contribution in [3.8, 4) is 5.69 Å². The van der Waals surface area contributed by atoms with Crippen LogP contribution in [0.3, 0.4) is 0 Å². The highest BCUT2D eigenvalue weighted by atomic mass is 79.9. The van der Waals surface area contributed by atoms with Crippen molar-refractivity contribution < 1.29 is 0 Å². The van der Waals surface area contributed by atoms with Crippen LogP contribution in [0.15, 0.2) is 34.9 Å². The molecule has 0 saturated heterocycles. The quantitative estimate of drug-likeness (QED) is 0.936. The molecule has 0 fully saturated rings. The molecule has 3 nitrogen and oxygen atoms in total. The normalized spacial score (nSPS) is 10.7. The zero-order valence-corrected chi connectivity index (χ0v) is 11.0. The van der Waals surface area contributed by atoms with Crippen molar-refractivity contribution in [1.29, 1.82) is 0 Å². The molecule has 0 saturated carbocycles. The fourth-order valence-corrected chi connectivity index (χ4v) is 2.07. The Balaban J connectivity index is 2.47. The van der Waals surface area contributed by atoms with Crippen molar-refractivity contribution in [2.75, 3.05) is 7.05 Å². The fraction of sp³-hybridized carbons (Fsp3) is 0.250. The van der Waals surface area contributed by atoms with E-state index in [1.54, 1.807) is 0 Å². The SMILES string of the molecule is CNCc1cc(Br)ccc1-n1ccc(C)n1. The molecule has 0 amide bonds. The van der Waals surface area contributed by atoms with Gasteiger partial charge in [-0.25, -0.2) is 4.68 Å². The Morgan fingerprint density at radius 1 is 1.38 bits per heavy atom. The molecule has 4 heteroatoms. The minimum Gasteiger partial charge on any atom is -0.316 e. The summed E-state index contributed by atoms with van der Waals surface area (Å²) in [7, 11) is 1.94. The van der Waals surface area contributed by atoms with E-state index in [0.29, 0.717) is 0 Å². The molecule has 0 aliphatic rings. The summed E-state index contributed by atoms with van der Waals surface area (Å²) in [6.45, 7) is 2.82. The van der Waals surface area contributed by atoms with Crippen molar-refractivity contribution in [3.05, 3.63) is 46.2 Å². The van der Waals surface area contributed by atoms with Crippen LogP contribution in [0.4, 0.5) is 0 Å². The second-order valence-electron chi connectivity index (χ2n) is 3.71. The van der Waals surface area contributed by atoms with E-state index in [-0.39, 0.29) is 0 Å². The Hall–Kier alpha value is -1.13. The minimum absolute atomic E-state index is 0.827. The zero-order valence-electron chi connectivity index (χ0n) is 9.37. The Morgan fingerprint density at radius 3 is 2.81 bits per heavy atom. The monoisotopic (exact) mass is 279 g/mol. The lowest BCUT2D eigenvalue weighted by Crippen LogP contribution is -2.09. The number of rotatable bonds is 3. The molecule has 16 heavy (non-hydrogen) atoms. The number of nitrogens with one attached hydrogen (secondary N) is 1. The third kappa shape index (κ3) is 2.33. The van der Waals surface area contributed by atoms with Crippen molar-refractivity contribution in [3.63, 3.8) is 0 Å². The van der Waals surface area contributed by atoms with Crippen LogP contribution in [0.2, 0.25) is 0 Å². The van der Waals surface area contributed by atoms with Gasteiger partial charge in [0.2, 0.25) is 0 Å². The van der Waals surface area contributed by atoms with Crippen LogP contribution in [0.5, 0.6) is 0 Å². The summed E-state index contributed by atoms with van der Waals surface area (Å²) >= 11 is 3.49. The van der Waals surface area contributed by atoms with E-state index in [1.165, 1.54) is 5.56 Å². The Bertz CT molecular complexity index is 491. The molecular weight excluding hydrogens is 266 g/mol. The predicted molar refractivity (Wildman–Crippen MR) is 68.8 cm³/mol. The lowest BCUT2D eigenvalue weighted by Gasteiger charge is -2.09. The minimum atomic E-state index is 0.827. The molecule has 2 rings (SSSR count). The second kappa shape index (κ2) is 4.80. The maximum atomic E-state index is 4.43. The summed E-state index contributed by atoms with van der Waals surface area (Å²) < 4.78 is 3.00. The first-order valence-corrected chi connectivity index (χ1v) is 5.95. The van der Waals surface area contributed by atoms with Crippen LogP contribution < -0.4 is 5.32 Å². The van der Waals surface area contributed by atoms with Gasteiger partial charge in [0, 0.05) is 17.2 Å². The average Bonchev–Trinajstić information content (AvgIpc) is 2.65. The van der Waals surface area contributed by atoms with Gasteiger partial charge in [0.15, 0.2) is 0 Å². The molecule has 1 N–H and O–H groups in total. The van der Waals surface area contributed by atoms with E-state index >= 15 is 0 Å². The van der Waals surface area contributed by atoms with Gasteiger partial charge in [-0.2, -0.15) is 5.10 Å². The molecule has 0 unspecified atom stereocenters. The van der Waals surface area contributed by atoms with Crippen LogP contribution >= 0.6 is 15.9 Å². The van der Waals surface area contributed by atoms with Crippen molar-refractivity contribution in [2.45, 2.75) is 13.5 Å². The Kier molecular flexibility index (Phi) is 3.41. The third-order valence-corrected chi connectivity index (χ3v) is 2.87. The fourth-order valence-electron chi connectivity index (χ4n) is 1.66. The molecule has 2 aromatic rings. The predicted octanol–water partition coefficient (Wildman–Crippen LogP) is 2.66. The molecule has 0 aliphatic carbocycles. The van der Waals surface area contributed by atoms with Gasteiger partial charge in [-0.15, -0.1) is 0 Å². The molecule has 0 atom stereocenters. The van der Waals surface area contributed by atoms with Crippen molar-refractivity contribution in [2.24, 2.45) is 0 Å². The molecule has 1 aromatic carbocycles. The molecule has 1 aromatic heterocycles. The van der Waals surface area contributed by atoms with Crippen LogP contribution in [-0.4, -0.2) is 16.8 Å². The van der Waals surface area contributed by atoms with E-state index in [2.05, 4.69) is 38.5 Å². The van der Waals surface area contributed by atoms with Gasteiger partial charge < -0.3 is 5.32 Å². The highest BCUT2D eigenvalue weighted by molar-refractivity contribution is 9.10. The summed E-state index contributed by atoms with van der Waals surface area (Å²) in [6.07, 6.45) is 1.98. The number of halogens is 1. The number of hydrogen-bond acceptors (Lipinski definition) is 2. The maximum absolute atomic E-state index is 4.43. The summed E-state index contributed by atoms with van der Waals surface area (Å²) in [5.74, 6) is 0. The van der Waals surface area contributed by atoms with Gasteiger partial charge in [-0.05, 0) is 43.8 Å². The lowest BCUT2D eigenvalue weighted by molar-refractivity contribution is 0.784. The van der Waals surface area contributed by atoms with Crippen LogP contribution in [-0.2, 0) is 6.54 Å². The van der Waals surface area contributed by atoms with Crippen LogP contribution in [0.25, 0.3) is 5.69 Å². The van der Waals surface area contributed by atoms with Gasteiger partial charge in [0.25, 0.3) is 0 Å². The Labute approximate surface area is 104 Å². The first kappa shape index (κ1) is 11.4. The molecule has 1 heterocycles. The highest BCUT2D eigenvalue weighted by Gasteiger charge is 2.05. The van der Waals surface area contributed by atoms with Gasteiger partial charge in [-0.1, -0.05) is 15.9 Å². The van der Waals surface area contributed by atoms with E-state index in [0.717, 1.165) is 22.4 Å². The highest BCUT2D eigenvalue weighted by Crippen LogP contribution is 2.19. The molecule has 0 radical (unpaired) electrons. The smallest absolute Gasteiger partial charge is 0.0691 e. The number of hydrogen-bond donors (Lipinski definition) is 1. The first-order chi connectivity index (χ1) is 7.70. The summed E-state index contributed by atoms with van der Waals surface area (Å²) in [4.78, 5) is 0. The molecule has 0 aliphatic heterocycles. The standard InChI is InChI=1S/C12H14BrN3/c1-9-5-6-16(15-9)12-4-3-11(13)7-10(12)8-14-2/h3-7,14H,8H2,1-2H3. The number of nitrogens with zero attached hydrogens (tertiary/aromatic N) is 2. The molecular formula is C12H14BrN3. The molecule has 84 valence electrons. The number of benzene rings is 1. The van der Waals surface area contributed by atoms with Gasteiger partial charge in [0.1, 0.15) is 0 Å². The lowest BCUT2D eigenvalue weighted by atomic mass is 10.2. The van der Waals surface area contributed by atoms with Gasteiger partial charge in [-0.3, -0.25) is 0 Å². The summed E-state index contributed by atoms with van der Waals surface area (Å²) in [5.41, 5.74) is 3.36. The largest absolute Gasteiger partial charge is 0.316 e. The average molecular weight is 280 g/mol. The van der Waals surface area contributed by atoms with Crippen molar-refractivity contribution >= 4 is 15.9 Å². The third-order valence-electron chi connectivity index (χ3n) is 2.38. The first-order valence-electron chi connectivity index (χ1n) is 5.16. The van der Waals surface area contributed by atoms with E-state index in [1.807, 2.05) is 37.0 Å². The van der Waals surface area contributed by atoms with E-state index in [4.69, 9.17) is 0 Å².